The Hall–Kier alpha value is -1.75. The Morgan fingerprint density at radius 1 is 1.23 bits per heavy atom. The van der Waals surface area contributed by atoms with Crippen LogP contribution in [0.4, 0.5) is 0 Å². The van der Waals surface area contributed by atoms with Crippen LogP contribution < -0.4 is 0 Å². The fourth-order valence-electron chi connectivity index (χ4n) is 3.35. The van der Waals surface area contributed by atoms with Crippen molar-refractivity contribution in [3.8, 4) is 11.4 Å². The summed E-state index contributed by atoms with van der Waals surface area (Å²) in [6, 6.07) is 4.91. The first-order valence-electron chi connectivity index (χ1n) is 8.16. The number of hydrogen-bond acceptors (Lipinski definition) is 4. The van der Waals surface area contributed by atoms with Crippen molar-refractivity contribution in [3.63, 3.8) is 0 Å². The third kappa shape index (κ3) is 2.90. The lowest BCUT2D eigenvalue weighted by molar-refractivity contribution is 0.106. The van der Waals surface area contributed by atoms with Gasteiger partial charge in [-0.15, -0.1) is 0 Å². The lowest BCUT2D eigenvalue weighted by atomic mass is 9.99. The maximum Gasteiger partial charge on any atom is 0.146 e. The van der Waals surface area contributed by atoms with E-state index in [2.05, 4.69) is 23.8 Å². The Morgan fingerprint density at radius 3 is 2.73 bits per heavy atom. The van der Waals surface area contributed by atoms with Crippen LogP contribution in [0.5, 0.6) is 0 Å². The second kappa shape index (κ2) is 6.16. The van der Waals surface area contributed by atoms with E-state index in [0.29, 0.717) is 12.1 Å². The van der Waals surface area contributed by atoms with Crippen LogP contribution in [0, 0.1) is 6.92 Å². The van der Waals surface area contributed by atoms with E-state index in [9.17, 15) is 0 Å². The molecular weight excluding hydrogens is 274 g/mol. The summed E-state index contributed by atoms with van der Waals surface area (Å²) >= 11 is 0. The Bertz CT molecular complexity index is 646. The highest BCUT2D eigenvalue weighted by Gasteiger charge is 2.28. The molecule has 22 heavy (non-hydrogen) atoms. The summed E-state index contributed by atoms with van der Waals surface area (Å²) in [6.45, 7) is 7.71. The molecule has 1 aliphatic heterocycles. The third-order valence-electron chi connectivity index (χ3n) is 4.46. The summed E-state index contributed by atoms with van der Waals surface area (Å²) in [7, 11) is 1.95. The number of likely N-dealkylation sites (tertiary alicyclic amines) is 1. The lowest BCUT2D eigenvalue weighted by Crippen LogP contribution is -2.39. The molecule has 0 aliphatic carbocycles. The molecule has 5 nitrogen and oxygen atoms in total. The SMILES string of the molecule is Cc1cc(-c2ccnn2C)nc([C@H]2CCCCN2C(C)C)n1. The number of piperidine rings is 1. The Kier molecular flexibility index (Phi) is 4.25. The summed E-state index contributed by atoms with van der Waals surface area (Å²) in [4.78, 5) is 12.2. The number of nitrogens with zero attached hydrogens (tertiary/aromatic N) is 5. The van der Waals surface area contributed by atoms with Gasteiger partial charge in [-0.05, 0) is 52.3 Å². The van der Waals surface area contributed by atoms with Gasteiger partial charge < -0.3 is 0 Å². The Morgan fingerprint density at radius 2 is 2.05 bits per heavy atom. The molecule has 0 N–H and O–H groups in total. The van der Waals surface area contributed by atoms with Gasteiger partial charge in [0.15, 0.2) is 0 Å². The largest absolute Gasteiger partial charge is 0.291 e. The van der Waals surface area contributed by atoms with Gasteiger partial charge in [-0.2, -0.15) is 5.10 Å². The smallest absolute Gasteiger partial charge is 0.146 e. The van der Waals surface area contributed by atoms with Crippen molar-refractivity contribution in [2.24, 2.45) is 7.05 Å². The van der Waals surface area contributed by atoms with Gasteiger partial charge in [0.25, 0.3) is 0 Å². The molecule has 1 atom stereocenters. The summed E-state index contributed by atoms with van der Waals surface area (Å²) in [5.74, 6) is 0.963. The predicted molar refractivity (Wildman–Crippen MR) is 87.4 cm³/mol. The summed E-state index contributed by atoms with van der Waals surface area (Å²) in [5.41, 5.74) is 3.03. The van der Waals surface area contributed by atoms with E-state index < -0.39 is 0 Å². The zero-order valence-electron chi connectivity index (χ0n) is 14.0. The molecular formula is C17H25N5. The van der Waals surface area contributed by atoms with Crippen LogP contribution in [0.25, 0.3) is 11.4 Å². The van der Waals surface area contributed by atoms with Crippen LogP contribution in [0.15, 0.2) is 18.3 Å². The fraction of sp³-hybridized carbons (Fsp3) is 0.588. The van der Waals surface area contributed by atoms with Crippen molar-refractivity contribution in [1.82, 2.24) is 24.6 Å². The third-order valence-corrected chi connectivity index (χ3v) is 4.46. The monoisotopic (exact) mass is 299 g/mol. The van der Waals surface area contributed by atoms with Crippen LogP contribution >= 0.6 is 0 Å². The first-order chi connectivity index (χ1) is 10.6. The van der Waals surface area contributed by atoms with E-state index in [4.69, 9.17) is 9.97 Å². The zero-order chi connectivity index (χ0) is 15.7. The lowest BCUT2D eigenvalue weighted by Gasteiger charge is -2.37. The van der Waals surface area contributed by atoms with Crippen molar-refractivity contribution in [1.29, 1.82) is 0 Å². The van der Waals surface area contributed by atoms with Crippen LogP contribution in [-0.4, -0.2) is 37.2 Å². The van der Waals surface area contributed by atoms with Gasteiger partial charge >= 0.3 is 0 Å². The number of rotatable bonds is 3. The van der Waals surface area contributed by atoms with Gasteiger partial charge in [0.2, 0.25) is 0 Å². The predicted octanol–water partition coefficient (Wildman–Crippen LogP) is 3.12. The Labute approximate surface area is 132 Å². The molecule has 0 saturated carbocycles. The molecule has 1 saturated heterocycles. The van der Waals surface area contributed by atoms with Crippen molar-refractivity contribution >= 4 is 0 Å². The molecule has 2 aromatic heterocycles. The van der Waals surface area contributed by atoms with E-state index in [0.717, 1.165) is 35.9 Å². The summed E-state index contributed by atoms with van der Waals surface area (Å²) in [6.07, 6.45) is 5.49. The van der Waals surface area contributed by atoms with Crippen molar-refractivity contribution in [2.75, 3.05) is 6.54 Å². The van der Waals surface area contributed by atoms with Crippen LogP contribution in [0.1, 0.15) is 50.7 Å². The quantitative estimate of drug-likeness (QED) is 0.873. The second-order valence-corrected chi connectivity index (χ2v) is 6.44. The molecule has 0 radical (unpaired) electrons. The second-order valence-electron chi connectivity index (χ2n) is 6.44. The van der Waals surface area contributed by atoms with E-state index in [-0.39, 0.29) is 0 Å². The highest BCUT2D eigenvalue weighted by atomic mass is 15.3. The van der Waals surface area contributed by atoms with Crippen molar-refractivity contribution in [2.45, 2.75) is 52.1 Å². The first kappa shape index (κ1) is 15.2. The van der Waals surface area contributed by atoms with Gasteiger partial charge in [-0.1, -0.05) is 6.42 Å². The van der Waals surface area contributed by atoms with Gasteiger partial charge in [0.1, 0.15) is 5.82 Å². The van der Waals surface area contributed by atoms with E-state index in [1.807, 2.05) is 37.0 Å². The standard InChI is InChI=1S/C17H25N5/c1-12(2)22-10-6-5-7-16(22)17-19-13(3)11-14(20-17)15-8-9-18-21(15)4/h8-9,11-12,16H,5-7,10H2,1-4H3/t16-/m1/s1. The van der Waals surface area contributed by atoms with Crippen LogP contribution in [0.2, 0.25) is 0 Å². The van der Waals surface area contributed by atoms with Gasteiger partial charge in [0, 0.05) is 25.0 Å². The average molecular weight is 299 g/mol. The minimum absolute atomic E-state index is 0.334. The normalized spacial score (nSPS) is 19.8. The number of hydrogen-bond donors (Lipinski definition) is 0. The molecule has 0 unspecified atom stereocenters. The molecule has 0 aromatic carbocycles. The maximum atomic E-state index is 4.88. The molecule has 118 valence electrons. The molecule has 1 aliphatic rings. The highest BCUT2D eigenvalue weighted by molar-refractivity contribution is 5.54. The molecule has 2 aromatic rings. The maximum absolute atomic E-state index is 4.88. The first-order valence-corrected chi connectivity index (χ1v) is 8.16. The zero-order valence-corrected chi connectivity index (χ0v) is 14.0. The number of aromatic nitrogens is 4. The van der Waals surface area contributed by atoms with Crippen LogP contribution in [0.3, 0.4) is 0 Å². The summed E-state index contributed by atoms with van der Waals surface area (Å²) < 4.78 is 1.87. The van der Waals surface area contributed by atoms with E-state index in [1.54, 1.807) is 0 Å². The van der Waals surface area contributed by atoms with Gasteiger partial charge in [0.05, 0.1) is 17.4 Å². The molecule has 0 spiro atoms. The van der Waals surface area contributed by atoms with E-state index in [1.165, 1.54) is 12.8 Å². The van der Waals surface area contributed by atoms with Crippen LogP contribution in [-0.2, 0) is 7.05 Å². The minimum atomic E-state index is 0.334. The average Bonchev–Trinajstić information content (AvgIpc) is 2.92. The molecule has 3 heterocycles. The van der Waals surface area contributed by atoms with Crippen molar-refractivity contribution < 1.29 is 0 Å². The molecule has 0 bridgehead atoms. The number of aryl methyl sites for hydroxylation is 2. The molecule has 3 rings (SSSR count). The molecule has 0 amide bonds. The Balaban J connectivity index is 2.00. The minimum Gasteiger partial charge on any atom is -0.291 e. The van der Waals surface area contributed by atoms with Crippen molar-refractivity contribution in [3.05, 3.63) is 29.8 Å². The van der Waals surface area contributed by atoms with E-state index >= 15 is 0 Å². The highest BCUT2D eigenvalue weighted by Crippen LogP contribution is 2.31. The van der Waals surface area contributed by atoms with Gasteiger partial charge in [-0.3, -0.25) is 9.58 Å². The topological polar surface area (TPSA) is 46.8 Å². The molecule has 5 heteroatoms. The van der Waals surface area contributed by atoms with Gasteiger partial charge in [-0.25, -0.2) is 9.97 Å². The summed E-state index contributed by atoms with van der Waals surface area (Å²) in [5, 5.41) is 4.25. The fourth-order valence-corrected chi connectivity index (χ4v) is 3.35. The molecule has 1 fully saturated rings.